The number of carbonyl (C=O) groups is 2. The molecule has 0 fully saturated rings. The molecule has 0 saturated carbocycles. The summed E-state index contributed by atoms with van der Waals surface area (Å²) in [6.07, 6.45) is 11.4. The summed E-state index contributed by atoms with van der Waals surface area (Å²) in [7, 11) is 0. The van der Waals surface area contributed by atoms with Crippen molar-refractivity contribution in [3.8, 4) is 5.75 Å². The number of aromatic carboxylic acids is 1. The number of ketones is 1. The Morgan fingerprint density at radius 1 is 1.07 bits per heavy atom. The van der Waals surface area contributed by atoms with Gasteiger partial charge in [0.2, 0.25) is 0 Å². The third-order valence-electron chi connectivity index (χ3n) is 4.35. The molecule has 0 radical (unpaired) electrons. The number of nitrogens with zero attached hydrogens (tertiary/aromatic N) is 2. The number of aryl methyl sites for hydroxylation is 1. The van der Waals surface area contributed by atoms with E-state index in [0.29, 0.717) is 5.75 Å². The van der Waals surface area contributed by atoms with Crippen LogP contribution < -0.4 is 4.74 Å². The zero-order valence-electron chi connectivity index (χ0n) is 15.9. The Hall–Kier alpha value is -2.63. The normalized spacial score (nSPS) is 10.7. The number of carboxylic acid groups (broad SMARTS) is 1. The van der Waals surface area contributed by atoms with Crippen molar-refractivity contribution < 1.29 is 19.4 Å². The fourth-order valence-corrected chi connectivity index (χ4v) is 2.83. The Balaban J connectivity index is 1.68. The third kappa shape index (κ3) is 7.64. The second-order valence-corrected chi connectivity index (χ2v) is 6.73. The van der Waals surface area contributed by atoms with E-state index in [9.17, 15) is 9.59 Å². The number of hydrogen-bond acceptors (Lipinski definition) is 4. The summed E-state index contributed by atoms with van der Waals surface area (Å²) in [4.78, 5) is 26.5. The molecule has 1 aromatic heterocycles. The number of rotatable bonds is 13. The quantitative estimate of drug-likeness (QED) is 0.535. The van der Waals surface area contributed by atoms with Gasteiger partial charge in [-0.05, 0) is 30.5 Å². The Morgan fingerprint density at radius 3 is 2.44 bits per heavy atom. The lowest BCUT2D eigenvalue weighted by atomic mass is 10.0. The van der Waals surface area contributed by atoms with Gasteiger partial charge in [0.25, 0.3) is 0 Å². The number of benzene rings is 1. The van der Waals surface area contributed by atoms with Gasteiger partial charge in [0, 0.05) is 6.20 Å². The van der Waals surface area contributed by atoms with Gasteiger partial charge in [0.05, 0.1) is 12.9 Å². The molecule has 1 aromatic carbocycles. The molecule has 0 aliphatic heterocycles. The zero-order valence-corrected chi connectivity index (χ0v) is 15.9. The first-order chi connectivity index (χ1) is 13.1. The van der Waals surface area contributed by atoms with Gasteiger partial charge in [-0.1, -0.05) is 51.2 Å². The zero-order chi connectivity index (χ0) is 19.5. The Kier molecular flexibility index (Phi) is 8.55. The van der Waals surface area contributed by atoms with Crippen molar-refractivity contribution in [2.24, 2.45) is 0 Å². The van der Waals surface area contributed by atoms with E-state index >= 15 is 0 Å². The van der Waals surface area contributed by atoms with Crippen LogP contribution >= 0.6 is 0 Å². The maximum absolute atomic E-state index is 12.0. The summed E-state index contributed by atoms with van der Waals surface area (Å²) in [6, 6.07) is 7.86. The molecular weight excluding hydrogens is 344 g/mol. The average molecular weight is 372 g/mol. The van der Waals surface area contributed by atoms with Crippen molar-refractivity contribution in [3.63, 3.8) is 0 Å². The van der Waals surface area contributed by atoms with E-state index in [1.165, 1.54) is 61.2 Å². The lowest BCUT2D eigenvalue weighted by Gasteiger charge is -2.07. The van der Waals surface area contributed by atoms with Gasteiger partial charge in [-0.3, -0.25) is 4.79 Å². The fourth-order valence-electron chi connectivity index (χ4n) is 2.83. The van der Waals surface area contributed by atoms with Crippen molar-refractivity contribution in [1.82, 2.24) is 9.55 Å². The Labute approximate surface area is 160 Å². The molecule has 0 unspecified atom stereocenters. The maximum atomic E-state index is 12.0. The summed E-state index contributed by atoms with van der Waals surface area (Å²) in [5.74, 6) is -0.606. The molecule has 1 heterocycles. The molecule has 2 rings (SSSR count). The number of carbonyl (C=O) groups excluding carboxylic acids is 1. The van der Waals surface area contributed by atoms with Gasteiger partial charge in [-0.2, -0.15) is 0 Å². The van der Waals surface area contributed by atoms with Crippen molar-refractivity contribution in [1.29, 1.82) is 0 Å². The number of imidazole rings is 1. The molecule has 1 N–H and O–H groups in total. The van der Waals surface area contributed by atoms with Crippen LogP contribution in [0.3, 0.4) is 0 Å². The van der Waals surface area contributed by atoms with E-state index < -0.39 is 5.97 Å². The summed E-state index contributed by atoms with van der Waals surface area (Å²) < 4.78 is 6.96. The van der Waals surface area contributed by atoms with Crippen LogP contribution in [0, 0.1) is 0 Å². The van der Waals surface area contributed by atoms with Crippen LogP contribution in [-0.4, -0.2) is 33.0 Å². The van der Waals surface area contributed by atoms with Crippen LogP contribution in [0.25, 0.3) is 0 Å². The molecule has 27 heavy (non-hydrogen) atoms. The lowest BCUT2D eigenvalue weighted by Crippen LogP contribution is -2.17. The lowest BCUT2D eigenvalue weighted by molar-refractivity contribution is -0.121. The van der Waals surface area contributed by atoms with E-state index in [4.69, 9.17) is 9.84 Å². The molecule has 0 aliphatic carbocycles. The van der Waals surface area contributed by atoms with Gasteiger partial charge < -0.3 is 14.4 Å². The molecule has 2 aromatic rings. The molecule has 6 nitrogen and oxygen atoms in total. The van der Waals surface area contributed by atoms with Crippen LogP contribution in [0.1, 0.15) is 61.5 Å². The van der Waals surface area contributed by atoms with Gasteiger partial charge in [-0.15, -0.1) is 0 Å². The van der Waals surface area contributed by atoms with E-state index in [0.717, 1.165) is 6.42 Å². The average Bonchev–Trinajstić information content (AvgIpc) is 3.12. The Morgan fingerprint density at radius 2 is 1.78 bits per heavy atom. The molecule has 0 spiro atoms. The molecule has 0 bridgehead atoms. The predicted molar refractivity (Wildman–Crippen MR) is 103 cm³/mol. The first-order valence-electron chi connectivity index (χ1n) is 9.57. The first-order valence-corrected chi connectivity index (χ1v) is 9.57. The monoisotopic (exact) mass is 372 g/mol. The number of unbranched alkanes of at least 4 members (excludes halogenated alkanes) is 5. The van der Waals surface area contributed by atoms with Crippen LogP contribution in [0.15, 0.2) is 36.8 Å². The molecule has 0 saturated heterocycles. The summed E-state index contributed by atoms with van der Waals surface area (Å²) in [6.45, 7) is 2.21. The molecule has 0 amide bonds. The van der Waals surface area contributed by atoms with Crippen molar-refractivity contribution in [2.45, 2.75) is 58.4 Å². The highest BCUT2D eigenvalue weighted by atomic mass is 16.5. The molecule has 0 aliphatic rings. The third-order valence-corrected chi connectivity index (χ3v) is 4.35. The fraction of sp³-hybridized carbons (Fsp3) is 0.476. The second-order valence-electron chi connectivity index (χ2n) is 6.73. The van der Waals surface area contributed by atoms with Crippen LogP contribution in [0.4, 0.5) is 0 Å². The van der Waals surface area contributed by atoms with E-state index in [2.05, 4.69) is 11.9 Å². The van der Waals surface area contributed by atoms with Crippen molar-refractivity contribution in [2.75, 3.05) is 6.61 Å². The molecular formula is C21H28N2O4. The van der Waals surface area contributed by atoms with E-state index in [1.54, 1.807) is 0 Å². The topological polar surface area (TPSA) is 81.4 Å². The summed E-state index contributed by atoms with van der Waals surface area (Å²) >= 11 is 0. The predicted octanol–water partition coefficient (Wildman–Crippen LogP) is 4.13. The molecule has 146 valence electrons. The first kappa shape index (κ1) is 20.7. The highest BCUT2D eigenvalue weighted by Gasteiger charge is 2.09. The van der Waals surface area contributed by atoms with Crippen molar-refractivity contribution >= 4 is 11.8 Å². The van der Waals surface area contributed by atoms with E-state index in [1.807, 2.05) is 24.3 Å². The minimum atomic E-state index is -1.11. The van der Waals surface area contributed by atoms with E-state index in [-0.39, 0.29) is 24.6 Å². The largest absolute Gasteiger partial charge is 0.486 e. The van der Waals surface area contributed by atoms with Crippen LogP contribution in [0.2, 0.25) is 0 Å². The summed E-state index contributed by atoms with van der Waals surface area (Å²) in [5, 5.41) is 8.82. The van der Waals surface area contributed by atoms with Crippen LogP contribution in [-0.2, 0) is 17.8 Å². The number of hydrogen-bond donors (Lipinski definition) is 1. The van der Waals surface area contributed by atoms with Gasteiger partial charge in [0.1, 0.15) is 12.4 Å². The molecule has 0 atom stereocenters. The second kappa shape index (κ2) is 11.2. The van der Waals surface area contributed by atoms with Gasteiger partial charge in [0.15, 0.2) is 11.5 Å². The van der Waals surface area contributed by atoms with Gasteiger partial charge >= 0.3 is 5.97 Å². The minimum absolute atomic E-state index is 0.0381. The maximum Gasteiger partial charge on any atom is 0.356 e. The SMILES string of the molecule is CCCCCCCCc1ccc(OCC(=O)Cn2cnc(C(=O)O)c2)cc1. The number of carboxylic acids is 1. The number of ether oxygens (including phenoxy) is 1. The Bertz CT molecular complexity index is 722. The number of aromatic nitrogens is 2. The minimum Gasteiger partial charge on any atom is -0.486 e. The smallest absolute Gasteiger partial charge is 0.356 e. The van der Waals surface area contributed by atoms with Gasteiger partial charge in [-0.25, -0.2) is 9.78 Å². The molecule has 6 heteroatoms. The highest BCUT2D eigenvalue weighted by Crippen LogP contribution is 2.15. The number of Topliss-reactive ketones (excluding diaryl/α,β-unsaturated/α-hetero) is 1. The standard InChI is InChI=1S/C21H28N2O4/c1-2-3-4-5-6-7-8-17-9-11-19(12-10-17)27-15-18(24)13-23-14-20(21(25)26)22-16-23/h9-12,14,16H,2-8,13,15H2,1H3,(H,25,26). The highest BCUT2D eigenvalue weighted by molar-refractivity contribution is 5.85. The van der Waals surface area contributed by atoms with Crippen molar-refractivity contribution in [3.05, 3.63) is 48.0 Å². The van der Waals surface area contributed by atoms with Crippen LogP contribution in [0.5, 0.6) is 5.75 Å². The summed E-state index contributed by atoms with van der Waals surface area (Å²) in [5.41, 5.74) is 1.20.